The molecule has 22 heavy (non-hydrogen) atoms. The molecule has 0 radical (unpaired) electrons. The van der Waals surface area contributed by atoms with Crippen molar-refractivity contribution in [3.05, 3.63) is 52.3 Å². The van der Waals surface area contributed by atoms with Crippen molar-refractivity contribution in [1.29, 1.82) is 0 Å². The molecule has 1 amide bonds. The van der Waals surface area contributed by atoms with Gasteiger partial charge in [-0.15, -0.1) is 0 Å². The lowest BCUT2D eigenvalue weighted by atomic mass is 10.1. The van der Waals surface area contributed by atoms with E-state index < -0.39 is 17.6 Å². The predicted octanol–water partition coefficient (Wildman–Crippen LogP) is 4.31. The summed E-state index contributed by atoms with van der Waals surface area (Å²) in [5, 5.41) is 6.07. The third-order valence-corrected chi connectivity index (χ3v) is 2.96. The molecule has 0 atom stereocenters. The number of hydrogen-bond acceptors (Lipinski definition) is 3. The number of hydrogen-bond donors (Lipinski definition) is 1. The number of aromatic nitrogens is 1. The SMILES string of the molecule is Cc1cc(NC(=O)/C=C/c2cc(C(F)(F)F)ccc2Cl)no1. The van der Waals surface area contributed by atoms with Gasteiger partial charge in [0.25, 0.3) is 0 Å². The Morgan fingerprint density at radius 3 is 2.68 bits per heavy atom. The number of rotatable bonds is 3. The molecule has 0 aliphatic carbocycles. The van der Waals surface area contributed by atoms with E-state index in [9.17, 15) is 18.0 Å². The summed E-state index contributed by atoms with van der Waals surface area (Å²) in [7, 11) is 0. The van der Waals surface area contributed by atoms with Crippen molar-refractivity contribution in [2.45, 2.75) is 13.1 Å². The van der Waals surface area contributed by atoms with Gasteiger partial charge in [0, 0.05) is 17.2 Å². The topological polar surface area (TPSA) is 55.1 Å². The zero-order chi connectivity index (χ0) is 16.3. The van der Waals surface area contributed by atoms with Crippen LogP contribution in [0.15, 0.2) is 34.9 Å². The van der Waals surface area contributed by atoms with E-state index in [-0.39, 0.29) is 16.4 Å². The van der Waals surface area contributed by atoms with E-state index in [1.165, 1.54) is 12.1 Å². The van der Waals surface area contributed by atoms with Crippen LogP contribution in [0.2, 0.25) is 5.02 Å². The predicted molar refractivity (Wildman–Crippen MR) is 75.4 cm³/mol. The zero-order valence-electron chi connectivity index (χ0n) is 11.2. The summed E-state index contributed by atoms with van der Waals surface area (Å²) in [6.07, 6.45) is -2.22. The average Bonchev–Trinajstić information content (AvgIpc) is 2.81. The molecule has 0 saturated heterocycles. The molecule has 0 unspecified atom stereocenters. The Morgan fingerprint density at radius 2 is 2.09 bits per heavy atom. The molecule has 0 saturated carbocycles. The van der Waals surface area contributed by atoms with Crippen molar-refractivity contribution in [2.75, 3.05) is 5.32 Å². The van der Waals surface area contributed by atoms with Gasteiger partial charge in [-0.25, -0.2) is 0 Å². The summed E-state index contributed by atoms with van der Waals surface area (Å²) in [5.74, 6) is 0.157. The third-order valence-electron chi connectivity index (χ3n) is 2.62. The molecule has 0 bridgehead atoms. The maximum atomic E-state index is 12.6. The maximum Gasteiger partial charge on any atom is 0.416 e. The lowest BCUT2D eigenvalue weighted by Gasteiger charge is -2.08. The fourth-order valence-corrected chi connectivity index (χ4v) is 1.79. The van der Waals surface area contributed by atoms with Gasteiger partial charge >= 0.3 is 6.18 Å². The fraction of sp³-hybridized carbons (Fsp3) is 0.143. The number of nitrogens with zero attached hydrogens (tertiary/aromatic N) is 1. The van der Waals surface area contributed by atoms with E-state index >= 15 is 0 Å². The molecular formula is C14H10ClF3N2O2. The molecule has 1 heterocycles. The molecule has 8 heteroatoms. The highest BCUT2D eigenvalue weighted by Gasteiger charge is 2.30. The van der Waals surface area contributed by atoms with Crippen LogP contribution in [-0.2, 0) is 11.0 Å². The molecule has 2 aromatic rings. The highest BCUT2D eigenvalue weighted by Crippen LogP contribution is 2.32. The second-order valence-electron chi connectivity index (χ2n) is 4.38. The summed E-state index contributed by atoms with van der Waals surface area (Å²) in [6, 6.07) is 4.37. The minimum Gasteiger partial charge on any atom is -0.360 e. The monoisotopic (exact) mass is 330 g/mol. The van der Waals surface area contributed by atoms with Crippen LogP contribution in [0.4, 0.5) is 19.0 Å². The van der Waals surface area contributed by atoms with Crippen LogP contribution in [-0.4, -0.2) is 11.1 Å². The number of halogens is 4. The summed E-state index contributed by atoms with van der Waals surface area (Å²) < 4.78 is 42.6. The summed E-state index contributed by atoms with van der Waals surface area (Å²) in [5.41, 5.74) is -0.757. The number of benzene rings is 1. The first kappa shape index (κ1) is 16.1. The lowest BCUT2D eigenvalue weighted by molar-refractivity contribution is -0.137. The highest BCUT2D eigenvalue weighted by molar-refractivity contribution is 6.32. The van der Waals surface area contributed by atoms with E-state index in [2.05, 4.69) is 10.5 Å². The Kier molecular flexibility index (Phi) is 4.56. The van der Waals surface area contributed by atoms with Crippen LogP contribution in [0.5, 0.6) is 0 Å². The fourth-order valence-electron chi connectivity index (χ4n) is 1.61. The van der Waals surface area contributed by atoms with Gasteiger partial charge in [0.1, 0.15) is 5.76 Å². The number of aryl methyl sites for hydroxylation is 1. The Bertz CT molecular complexity index is 723. The molecule has 1 aromatic carbocycles. The molecule has 4 nitrogen and oxygen atoms in total. The Labute approximate surface area is 128 Å². The molecule has 0 aliphatic rings. The number of carbonyl (C=O) groups is 1. The van der Waals surface area contributed by atoms with Crippen LogP contribution < -0.4 is 5.32 Å². The first-order valence-electron chi connectivity index (χ1n) is 6.05. The molecule has 0 spiro atoms. The van der Waals surface area contributed by atoms with E-state index in [4.69, 9.17) is 16.1 Å². The Morgan fingerprint density at radius 1 is 1.36 bits per heavy atom. The number of amides is 1. The van der Waals surface area contributed by atoms with Crippen LogP contribution in [0.25, 0.3) is 6.08 Å². The molecule has 0 aliphatic heterocycles. The highest BCUT2D eigenvalue weighted by atomic mass is 35.5. The first-order chi connectivity index (χ1) is 10.3. The van der Waals surface area contributed by atoms with Crippen molar-refractivity contribution >= 4 is 29.4 Å². The Balaban J connectivity index is 2.13. The van der Waals surface area contributed by atoms with Gasteiger partial charge < -0.3 is 9.84 Å². The van der Waals surface area contributed by atoms with Crippen molar-refractivity contribution in [2.24, 2.45) is 0 Å². The standard InChI is InChI=1S/C14H10ClF3N2O2/c1-8-6-12(20-22-8)19-13(21)5-2-9-7-10(14(16,17)18)3-4-11(9)15/h2-7H,1H3,(H,19,20,21)/b5-2+. The van der Waals surface area contributed by atoms with Gasteiger partial charge in [-0.1, -0.05) is 16.8 Å². The quantitative estimate of drug-likeness (QED) is 0.853. The number of anilines is 1. The van der Waals surface area contributed by atoms with Crippen LogP contribution in [0, 0.1) is 6.92 Å². The molecule has 1 N–H and O–H groups in total. The number of alkyl halides is 3. The largest absolute Gasteiger partial charge is 0.416 e. The Hall–Kier alpha value is -2.28. The van der Waals surface area contributed by atoms with Gasteiger partial charge in [0.2, 0.25) is 5.91 Å². The van der Waals surface area contributed by atoms with Crippen LogP contribution in [0.3, 0.4) is 0 Å². The second-order valence-corrected chi connectivity index (χ2v) is 4.79. The molecular weight excluding hydrogens is 321 g/mol. The van der Waals surface area contributed by atoms with Crippen molar-refractivity contribution in [1.82, 2.24) is 5.16 Å². The molecule has 2 rings (SSSR count). The van der Waals surface area contributed by atoms with Crippen molar-refractivity contribution in [3.8, 4) is 0 Å². The minimum atomic E-state index is -4.48. The van der Waals surface area contributed by atoms with E-state index in [1.807, 2.05) is 0 Å². The minimum absolute atomic E-state index is 0.0861. The average molecular weight is 331 g/mol. The summed E-state index contributed by atoms with van der Waals surface area (Å²) in [4.78, 5) is 11.6. The summed E-state index contributed by atoms with van der Waals surface area (Å²) >= 11 is 5.82. The van der Waals surface area contributed by atoms with Crippen molar-refractivity contribution < 1.29 is 22.5 Å². The lowest BCUT2D eigenvalue weighted by Crippen LogP contribution is -2.08. The van der Waals surface area contributed by atoms with Gasteiger partial charge in [-0.2, -0.15) is 13.2 Å². The van der Waals surface area contributed by atoms with E-state index in [0.29, 0.717) is 5.76 Å². The normalized spacial score (nSPS) is 11.9. The maximum absolute atomic E-state index is 12.6. The number of nitrogens with one attached hydrogen (secondary N) is 1. The molecule has 116 valence electrons. The third kappa shape index (κ3) is 4.11. The second kappa shape index (κ2) is 6.23. The van der Waals surface area contributed by atoms with Crippen molar-refractivity contribution in [3.63, 3.8) is 0 Å². The van der Waals surface area contributed by atoms with E-state index in [1.54, 1.807) is 6.92 Å². The summed E-state index contributed by atoms with van der Waals surface area (Å²) in [6.45, 7) is 1.65. The smallest absolute Gasteiger partial charge is 0.360 e. The first-order valence-corrected chi connectivity index (χ1v) is 6.42. The number of carbonyl (C=O) groups excluding carboxylic acids is 1. The van der Waals surface area contributed by atoms with Gasteiger partial charge in [0.15, 0.2) is 5.82 Å². The molecule has 1 aromatic heterocycles. The van der Waals surface area contributed by atoms with E-state index in [0.717, 1.165) is 24.3 Å². The van der Waals surface area contributed by atoms with Gasteiger partial charge in [0.05, 0.1) is 5.56 Å². The van der Waals surface area contributed by atoms with Gasteiger partial charge in [-0.3, -0.25) is 4.79 Å². The van der Waals surface area contributed by atoms with Gasteiger partial charge in [-0.05, 0) is 36.8 Å². The molecule has 0 fully saturated rings. The van der Waals surface area contributed by atoms with Crippen LogP contribution >= 0.6 is 11.6 Å². The van der Waals surface area contributed by atoms with Crippen LogP contribution in [0.1, 0.15) is 16.9 Å². The zero-order valence-corrected chi connectivity index (χ0v) is 12.0.